The van der Waals surface area contributed by atoms with Crippen molar-refractivity contribution in [2.24, 2.45) is 0 Å². The van der Waals surface area contributed by atoms with Crippen LogP contribution in [0.2, 0.25) is 0 Å². The van der Waals surface area contributed by atoms with Crippen molar-refractivity contribution < 1.29 is 23.1 Å². The number of aromatic hydroxyl groups is 1. The Kier molecular flexibility index (Phi) is 4.83. The molecule has 2 aromatic rings. The summed E-state index contributed by atoms with van der Waals surface area (Å²) in [4.78, 5) is 18.1. The molecule has 0 radical (unpaired) electrons. The zero-order valence-corrected chi connectivity index (χ0v) is 13.6. The summed E-state index contributed by atoms with van der Waals surface area (Å²) in [5, 5.41) is 11.5. The van der Waals surface area contributed by atoms with Gasteiger partial charge in [0.25, 0.3) is 5.91 Å². The summed E-state index contributed by atoms with van der Waals surface area (Å²) in [5.74, 6) is -0.919. The largest absolute Gasteiger partial charge is 0.505 e. The van der Waals surface area contributed by atoms with E-state index >= 15 is 0 Å². The van der Waals surface area contributed by atoms with E-state index in [-0.39, 0.29) is 17.5 Å². The molecule has 1 aromatic carbocycles. The van der Waals surface area contributed by atoms with Crippen molar-refractivity contribution in [3.63, 3.8) is 0 Å². The van der Waals surface area contributed by atoms with Gasteiger partial charge in [-0.1, -0.05) is 37.1 Å². The Morgan fingerprint density at radius 1 is 1.24 bits per heavy atom. The monoisotopic (exact) mass is 352 g/mol. The Bertz CT molecular complexity index is 770. The van der Waals surface area contributed by atoms with Gasteiger partial charge in [0, 0.05) is 29.6 Å². The van der Waals surface area contributed by atoms with Crippen molar-refractivity contribution in [1.29, 1.82) is 0 Å². The number of benzene rings is 1. The molecule has 1 N–H and O–H groups in total. The third-order valence-electron chi connectivity index (χ3n) is 4.64. The minimum atomic E-state index is -4.34. The average Bonchev–Trinajstić information content (AvgIpc) is 3.08. The zero-order chi connectivity index (χ0) is 18.0. The van der Waals surface area contributed by atoms with Gasteiger partial charge in [0.1, 0.15) is 0 Å². The van der Waals surface area contributed by atoms with Crippen LogP contribution in [-0.2, 0) is 0 Å². The van der Waals surface area contributed by atoms with Crippen molar-refractivity contribution in [3.05, 3.63) is 36.2 Å². The van der Waals surface area contributed by atoms with Crippen LogP contribution < -0.4 is 0 Å². The number of rotatable bonds is 4. The molecule has 25 heavy (non-hydrogen) atoms. The predicted molar refractivity (Wildman–Crippen MR) is 87.4 cm³/mol. The normalized spacial score (nSPS) is 15.6. The van der Waals surface area contributed by atoms with E-state index in [0.29, 0.717) is 23.6 Å². The molecule has 1 aliphatic carbocycles. The summed E-state index contributed by atoms with van der Waals surface area (Å²) >= 11 is 0. The maximum Gasteiger partial charge on any atom is 0.390 e. The van der Waals surface area contributed by atoms with Crippen molar-refractivity contribution in [2.45, 2.75) is 44.3 Å². The topological polar surface area (TPSA) is 53.4 Å². The number of carbonyl (C=O) groups is 1. The van der Waals surface area contributed by atoms with Gasteiger partial charge in [-0.2, -0.15) is 13.2 Å². The Hall–Kier alpha value is -2.31. The van der Waals surface area contributed by atoms with Crippen LogP contribution in [0.3, 0.4) is 0 Å². The van der Waals surface area contributed by atoms with Gasteiger partial charge in [0.2, 0.25) is 0 Å². The van der Waals surface area contributed by atoms with E-state index in [2.05, 4.69) is 4.98 Å². The molecular formula is C18H19F3N2O2. The van der Waals surface area contributed by atoms with Gasteiger partial charge >= 0.3 is 6.18 Å². The minimum Gasteiger partial charge on any atom is -0.505 e. The van der Waals surface area contributed by atoms with E-state index in [9.17, 15) is 23.1 Å². The van der Waals surface area contributed by atoms with E-state index in [4.69, 9.17) is 0 Å². The second kappa shape index (κ2) is 6.90. The van der Waals surface area contributed by atoms with E-state index in [1.165, 1.54) is 11.1 Å². The average molecular weight is 352 g/mol. The number of alkyl halides is 3. The van der Waals surface area contributed by atoms with Crippen LogP contribution in [0.4, 0.5) is 13.2 Å². The molecule has 1 fully saturated rings. The molecule has 0 aliphatic heterocycles. The Morgan fingerprint density at radius 3 is 2.60 bits per heavy atom. The third-order valence-corrected chi connectivity index (χ3v) is 4.64. The molecule has 0 unspecified atom stereocenters. The van der Waals surface area contributed by atoms with Crippen molar-refractivity contribution in [3.8, 4) is 5.75 Å². The highest BCUT2D eigenvalue weighted by atomic mass is 19.4. The first-order valence-electron chi connectivity index (χ1n) is 8.31. The number of halogens is 3. The summed E-state index contributed by atoms with van der Waals surface area (Å²) in [6, 6.07) is 6.66. The molecule has 0 saturated heterocycles. The van der Waals surface area contributed by atoms with Gasteiger partial charge < -0.3 is 10.0 Å². The summed E-state index contributed by atoms with van der Waals surface area (Å²) in [6.45, 7) is -0.416. The number of hydrogen-bond acceptors (Lipinski definition) is 3. The number of amides is 1. The lowest BCUT2D eigenvalue weighted by Crippen LogP contribution is -2.41. The first-order chi connectivity index (χ1) is 11.9. The molecule has 7 heteroatoms. The summed E-state index contributed by atoms with van der Waals surface area (Å²) < 4.78 is 38.0. The number of hydrogen-bond donors (Lipinski definition) is 1. The molecule has 1 saturated carbocycles. The van der Waals surface area contributed by atoms with Crippen LogP contribution in [0.15, 0.2) is 30.5 Å². The molecule has 0 spiro atoms. The maximum absolute atomic E-state index is 12.8. The van der Waals surface area contributed by atoms with E-state index in [0.717, 1.165) is 12.8 Å². The molecule has 1 aliphatic rings. The third kappa shape index (κ3) is 3.86. The summed E-state index contributed by atoms with van der Waals surface area (Å²) in [6.07, 6.45) is -0.816. The van der Waals surface area contributed by atoms with Crippen LogP contribution in [0.5, 0.6) is 5.75 Å². The minimum absolute atomic E-state index is 0.187. The van der Waals surface area contributed by atoms with Gasteiger partial charge in [-0.05, 0) is 12.8 Å². The van der Waals surface area contributed by atoms with Crippen molar-refractivity contribution >= 4 is 16.7 Å². The smallest absolute Gasteiger partial charge is 0.390 e. The van der Waals surface area contributed by atoms with Crippen LogP contribution >= 0.6 is 0 Å². The first-order valence-corrected chi connectivity index (χ1v) is 8.31. The number of nitrogens with zero attached hydrogens (tertiary/aromatic N) is 2. The lowest BCUT2D eigenvalue weighted by Gasteiger charge is -2.29. The Balaban J connectivity index is 1.92. The quantitative estimate of drug-likeness (QED) is 0.894. The zero-order valence-electron chi connectivity index (χ0n) is 13.6. The maximum atomic E-state index is 12.8. The van der Waals surface area contributed by atoms with E-state index in [1.54, 1.807) is 24.3 Å². The van der Waals surface area contributed by atoms with Gasteiger partial charge in [-0.25, -0.2) is 4.98 Å². The van der Waals surface area contributed by atoms with Crippen LogP contribution in [0, 0.1) is 0 Å². The fraction of sp³-hybridized carbons (Fsp3) is 0.444. The fourth-order valence-corrected chi connectivity index (χ4v) is 3.35. The van der Waals surface area contributed by atoms with E-state index < -0.39 is 25.0 Å². The van der Waals surface area contributed by atoms with Crippen LogP contribution in [-0.4, -0.2) is 39.7 Å². The van der Waals surface area contributed by atoms with Gasteiger partial charge in [0.15, 0.2) is 11.4 Å². The number of aromatic nitrogens is 1. The first kappa shape index (κ1) is 17.5. The molecule has 3 rings (SSSR count). The predicted octanol–water partition coefficient (Wildman–Crippen LogP) is 4.28. The SMILES string of the molecule is O=C(c1ncc2ccccc2c1O)N(CCC(F)(F)F)C1CCCC1. The highest BCUT2D eigenvalue weighted by molar-refractivity contribution is 6.01. The lowest BCUT2D eigenvalue weighted by atomic mass is 10.1. The summed E-state index contributed by atoms with van der Waals surface area (Å²) in [7, 11) is 0. The van der Waals surface area contributed by atoms with Crippen LogP contribution in [0.1, 0.15) is 42.6 Å². The molecule has 1 heterocycles. The molecule has 134 valence electrons. The molecule has 0 atom stereocenters. The lowest BCUT2D eigenvalue weighted by molar-refractivity contribution is -0.137. The molecule has 0 bridgehead atoms. The molecule has 1 amide bonds. The Morgan fingerprint density at radius 2 is 1.92 bits per heavy atom. The van der Waals surface area contributed by atoms with Crippen molar-refractivity contribution in [2.75, 3.05) is 6.54 Å². The van der Waals surface area contributed by atoms with Gasteiger partial charge in [-0.15, -0.1) is 0 Å². The molecule has 1 aromatic heterocycles. The molecular weight excluding hydrogens is 333 g/mol. The highest BCUT2D eigenvalue weighted by Crippen LogP contribution is 2.31. The van der Waals surface area contributed by atoms with Crippen LogP contribution in [0.25, 0.3) is 10.8 Å². The number of carbonyl (C=O) groups excluding carboxylic acids is 1. The number of fused-ring (bicyclic) bond motifs is 1. The van der Waals surface area contributed by atoms with Crippen molar-refractivity contribution in [1.82, 2.24) is 9.88 Å². The fourth-order valence-electron chi connectivity index (χ4n) is 3.35. The summed E-state index contributed by atoms with van der Waals surface area (Å²) in [5.41, 5.74) is -0.187. The number of pyridine rings is 1. The van der Waals surface area contributed by atoms with E-state index in [1.807, 2.05) is 0 Å². The van der Waals surface area contributed by atoms with Gasteiger partial charge in [-0.3, -0.25) is 4.79 Å². The molecule has 4 nitrogen and oxygen atoms in total. The second-order valence-electron chi connectivity index (χ2n) is 6.34. The van der Waals surface area contributed by atoms with Gasteiger partial charge in [0.05, 0.1) is 6.42 Å². The second-order valence-corrected chi connectivity index (χ2v) is 6.34. The highest BCUT2D eigenvalue weighted by Gasteiger charge is 2.34. The standard InChI is InChI=1S/C18H19F3N2O2/c19-18(20,21)9-10-23(13-6-2-3-7-13)17(25)15-16(24)14-8-4-1-5-12(14)11-22-15/h1,4-5,8,11,13,24H,2-3,6-7,9-10H2. The Labute approximate surface area is 143 Å².